The molecule has 16 heavy (non-hydrogen) atoms. The van der Waals surface area contributed by atoms with Crippen LogP contribution in [0.3, 0.4) is 0 Å². The summed E-state index contributed by atoms with van der Waals surface area (Å²) in [6, 6.07) is 4.36. The molecular formula is C12H18N2O2. The second kappa shape index (κ2) is 4.80. The molecule has 2 N–H and O–H groups in total. The number of rotatable bonds is 5. The Morgan fingerprint density at radius 1 is 1.50 bits per heavy atom. The van der Waals surface area contributed by atoms with Crippen LogP contribution in [0.4, 0.5) is 5.69 Å². The van der Waals surface area contributed by atoms with Crippen molar-refractivity contribution >= 4 is 5.69 Å². The molecule has 0 spiro atoms. The molecule has 0 radical (unpaired) electrons. The first-order valence-corrected chi connectivity index (χ1v) is 5.74. The molecule has 1 aliphatic carbocycles. The van der Waals surface area contributed by atoms with E-state index in [4.69, 9.17) is 5.11 Å². The van der Waals surface area contributed by atoms with Crippen LogP contribution in [0, 0.1) is 0 Å². The lowest BCUT2D eigenvalue weighted by Gasteiger charge is -2.23. The molecule has 0 saturated heterocycles. The molecule has 1 aliphatic rings. The second-order valence-electron chi connectivity index (χ2n) is 4.27. The first-order chi connectivity index (χ1) is 7.72. The highest BCUT2D eigenvalue weighted by Crippen LogP contribution is 2.31. The van der Waals surface area contributed by atoms with Gasteiger partial charge in [-0.05, 0) is 31.9 Å². The van der Waals surface area contributed by atoms with Gasteiger partial charge < -0.3 is 15.1 Å². The van der Waals surface area contributed by atoms with E-state index in [9.17, 15) is 5.11 Å². The van der Waals surface area contributed by atoms with Crippen LogP contribution in [0.5, 0.6) is 0 Å². The molecule has 0 aromatic carbocycles. The highest BCUT2D eigenvalue weighted by Gasteiger charge is 2.28. The van der Waals surface area contributed by atoms with E-state index in [1.54, 1.807) is 13.1 Å². The molecule has 0 bridgehead atoms. The summed E-state index contributed by atoms with van der Waals surface area (Å²) in [6.07, 6.45) is 3.63. The van der Waals surface area contributed by atoms with Gasteiger partial charge in [-0.3, -0.25) is 4.98 Å². The van der Waals surface area contributed by atoms with Gasteiger partial charge in [-0.25, -0.2) is 0 Å². The number of aliphatic hydroxyl groups excluding tert-OH is 2. The Hall–Kier alpha value is -1.13. The van der Waals surface area contributed by atoms with Crippen molar-refractivity contribution in [2.24, 2.45) is 0 Å². The number of anilines is 1. The molecule has 88 valence electrons. The molecule has 1 aromatic rings. The van der Waals surface area contributed by atoms with Gasteiger partial charge >= 0.3 is 0 Å². The van der Waals surface area contributed by atoms with E-state index < -0.39 is 6.10 Å². The van der Waals surface area contributed by atoms with E-state index in [1.807, 2.05) is 12.1 Å². The van der Waals surface area contributed by atoms with E-state index in [2.05, 4.69) is 9.88 Å². The van der Waals surface area contributed by atoms with E-state index in [1.165, 1.54) is 12.8 Å². The topological polar surface area (TPSA) is 56.6 Å². The number of nitrogens with zero attached hydrogens (tertiary/aromatic N) is 2. The lowest BCUT2D eigenvalue weighted by Crippen LogP contribution is -2.28. The van der Waals surface area contributed by atoms with Crippen molar-refractivity contribution in [3.05, 3.63) is 24.0 Å². The molecule has 1 saturated carbocycles. The largest absolute Gasteiger partial charge is 0.395 e. The monoisotopic (exact) mass is 222 g/mol. The molecule has 0 unspecified atom stereocenters. The van der Waals surface area contributed by atoms with Gasteiger partial charge in [0.1, 0.15) is 0 Å². The summed E-state index contributed by atoms with van der Waals surface area (Å²) in [4.78, 5) is 6.40. The van der Waals surface area contributed by atoms with Gasteiger partial charge in [-0.2, -0.15) is 0 Å². The predicted octanol–water partition coefficient (Wildman–Crippen LogP) is 1.10. The van der Waals surface area contributed by atoms with Crippen LogP contribution in [-0.4, -0.2) is 34.4 Å². The zero-order valence-electron chi connectivity index (χ0n) is 9.50. The minimum atomic E-state index is -0.527. The fourth-order valence-corrected chi connectivity index (χ4v) is 1.83. The normalized spacial score (nSPS) is 17.2. The first-order valence-electron chi connectivity index (χ1n) is 5.74. The fourth-order valence-electron chi connectivity index (χ4n) is 1.83. The van der Waals surface area contributed by atoms with Gasteiger partial charge in [0, 0.05) is 12.6 Å². The lowest BCUT2D eigenvalue weighted by molar-refractivity contribution is 0.194. The molecule has 0 aliphatic heterocycles. The highest BCUT2D eigenvalue weighted by molar-refractivity contribution is 5.47. The Morgan fingerprint density at radius 3 is 2.69 bits per heavy atom. The maximum atomic E-state index is 9.36. The molecule has 0 amide bonds. The van der Waals surface area contributed by atoms with Crippen molar-refractivity contribution in [3.8, 4) is 0 Å². The van der Waals surface area contributed by atoms with Crippen molar-refractivity contribution in [3.63, 3.8) is 0 Å². The molecular weight excluding hydrogens is 204 g/mol. The van der Waals surface area contributed by atoms with Crippen LogP contribution in [0.15, 0.2) is 18.3 Å². The SMILES string of the molecule is C[C@@H](O)c1ccc(N(CCO)C2CC2)cn1. The molecule has 4 heteroatoms. The van der Waals surface area contributed by atoms with E-state index in [0.29, 0.717) is 18.3 Å². The van der Waals surface area contributed by atoms with Crippen LogP contribution in [0.25, 0.3) is 0 Å². The van der Waals surface area contributed by atoms with Gasteiger partial charge in [-0.15, -0.1) is 0 Å². The summed E-state index contributed by atoms with van der Waals surface area (Å²) in [5.41, 5.74) is 1.71. The van der Waals surface area contributed by atoms with Gasteiger partial charge in [0.2, 0.25) is 0 Å². The summed E-state index contributed by atoms with van der Waals surface area (Å²) in [6.45, 7) is 2.52. The Balaban J connectivity index is 2.11. The van der Waals surface area contributed by atoms with Crippen LogP contribution in [0.1, 0.15) is 31.6 Å². The summed E-state index contributed by atoms with van der Waals surface area (Å²) >= 11 is 0. The Kier molecular flexibility index (Phi) is 3.41. The highest BCUT2D eigenvalue weighted by atomic mass is 16.3. The van der Waals surface area contributed by atoms with Gasteiger partial charge in [0.15, 0.2) is 0 Å². The zero-order valence-corrected chi connectivity index (χ0v) is 9.50. The summed E-state index contributed by atoms with van der Waals surface area (Å²) in [5, 5.41) is 18.4. The number of hydrogen-bond donors (Lipinski definition) is 2. The van der Waals surface area contributed by atoms with E-state index in [0.717, 1.165) is 5.69 Å². The van der Waals surface area contributed by atoms with Crippen molar-refractivity contribution in [2.75, 3.05) is 18.1 Å². The fraction of sp³-hybridized carbons (Fsp3) is 0.583. The molecule has 1 atom stereocenters. The molecule has 1 fully saturated rings. The maximum absolute atomic E-state index is 9.36. The standard InChI is InChI=1S/C12H18N2O2/c1-9(16)12-5-4-11(8-13-12)14(6-7-15)10-2-3-10/h4-5,8-10,15-16H,2-3,6-7H2,1H3/t9-/m1/s1. The summed E-state index contributed by atoms with van der Waals surface area (Å²) < 4.78 is 0. The number of hydrogen-bond acceptors (Lipinski definition) is 4. The van der Waals surface area contributed by atoms with Crippen LogP contribution in [-0.2, 0) is 0 Å². The summed E-state index contributed by atoms with van der Waals surface area (Å²) in [7, 11) is 0. The van der Waals surface area contributed by atoms with Crippen LogP contribution >= 0.6 is 0 Å². The molecule has 2 rings (SSSR count). The second-order valence-corrected chi connectivity index (χ2v) is 4.27. The minimum absolute atomic E-state index is 0.161. The molecule has 1 aromatic heterocycles. The lowest BCUT2D eigenvalue weighted by atomic mass is 10.2. The predicted molar refractivity (Wildman–Crippen MR) is 62.3 cm³/mol. The Labute approximate surface area is 95.5 Å². The van der Waals surface area contributed by atoms with E-state index >= 15 is 0 Å². The third kappa shape index (κ3) is 2.51. The van der Waals surface area contributed by atoms with Crippen molar-refractivity contribution in [2.45, 2.75) is 31.9 Å². The molecule has 4 nitrogen and oxygen atoms in total. The van der Waals surface area contributed by atoms with Crippen LogP contribution in [0.2, 0.25) is 0 Å². The van der Waals surface area contributed by atoms with Crippen molar-refractivity contribution < 1.29 is 10.2 Å². The average molecular weight is 222 g/mol. The third-order valence-corrected chi connectivity index (χ3v) is 2.86. The first kappa shape index (κ1) is 11.4. The molecule has 1 heterocycles. The minimum Gasteiger partial charge on any atom is -0.395 e. The van der Waals surface area contributed by atoms with Gasteiger partial charge in [0.25, 0.3) is 0 Å². The van der Waals surface area contributed by atoms with Gasteiger partial charge in [-0.1, -0.05) is 0 Å². The number of aromatic nitrogens is 1. The zero-order chi connectivity index (χ0) is 11.5. The van der Waals surface area contributed by atoms with Crippen molar-refractivity contribution in [1.82, 2.24) is 4.98 Å². The van der Waals surface area contributed by atoms with Gasteiger partial charge in [0.05, 0.1) is 30.3 Å². The number of aliphatic hydroxyl groups is 2. The Bertz CT molecular complexity index is 333. The number of pyridine rings is 1. The maximum Gasteiger partial charge on any atom is 0.0931 e. The van der Waals surface area contributed by atoms with Crippen LogP contribution < -0.4 is 4.90 Å². The third-order valence-electron chi connectivity index (χ3n) is 2.86. The smallest absolute Gasteiger partial charge is 0.0931 e. The quantitative estimate of drug-likeness (QED) is 0.783. The summed E-state index contributed by atoms with van der Waals surface area (Å²) in [5.74, 6) is 0. The average Bonchev–Trinajstić information content (AvgIpc) is 3.10. The van der Waals surface area contributed by atoms with Crippen molar-refractivity contribution in [1.29, 1.82) is 0 Å². The van der Waals surface area contributed by atoms with E-state index in [-0.39, 0.29) is 6.61 Å². The Morgan fingerprint density at radius 2 is 2.25 bits per heavy atom.